The van der Waals surface area contributed by atoms with E-state index in [0.717, 1.165) is 29.0 Å². The number of benzene rings is 2. The molecule has 0 bridgehead atoms. The largest absolute Gasteiger partial charge is 0.496 e. The number of hydrogen-bond donors (Lipinski definition) is 2. The van der Waals surface area contributed by atoms with Gasteiger partial charge < -0.3 is 15.4 Å². The minimum atomic E-state index is -0.267. The molecule has 2 aromatic carbocycles. The molecule has 1 aromatic heterocycles. The SMILES string of the molecule is CCc1cccc(C)c1Nc1nccc(C(=O)NCc2ccccc2OC)n1. The molecule has 0 saturated heterocycles. The van der Waals surface area contributed by atoms with Gasteiger partial charge in [-0.1, -0.05) is 43.3 Å². The highest BCUT2D eigenvalue weighted by Gasteiger charge is 2.12. The Morgan fingerprint density at radius 3 is 2.64 bits per heavy atom. The molecule has 0 spiro atoms. The van der Waals surface area contributed by atoms with E-state index < -0.39 is 0 Å². The zero-order chi connectivity index (χ0) is 19.9. The van der Waals surface area contributed by atoms with Crippen LogP contribution in [0.5, 0.6) is 5.75 Å². The maximum Gasteiger partial charge on any atom is 0.270 e. The first kappa shape index (κ1) is 19.4. The van der Waals surface area contributed by atoms with Crippen molar-refractivity contribution in [3.63, 3.8) is 0 Å². The molecule has 0 fully saturated rings. The van der Waals surface area contributed by atoms with Crippen molar-refractivity contribution < 1.29 is 9.53 Å². The summed E-state index contributed by atoms with van der Waals surface area (Å²) < 4.78 is 5.31. The summed E-state index contributed by atoms with van der Waals surface area (Å²) in [6.07, 6.45) is 2.47. The smallest absolute Gasteiger partial charge is 0.270 e. The zero-order valence-electron chi connectivity index (χ0n) is 16.3. The number of aromatic nitrogens is 2. The molecule has 0 unspecified atom stereocenters. The maximum absolute atomic E-state index is 12.5. The second-order valence-electron chi connectivity index (χ2n) is 6.35. The fraction of sp³-hybridized carbons (Fsp3) is 0.227. The van der Waals surface area contributed by atoms with Crippen LogP contribution in [0.15, 0.2) is 54.7 Å². The number of carbonyl (C=O) groups is 1. The Labute approximate surface area is 165 Å². The molecule has 0 atom stereocenters. The molecule has 0 aliphatic carbocycles. The third-order valence-corrected chi connectivity index (χ3v) is 4.50. The van der Waals surface area contributed by atoms with E-state index in [-0.39, 0.29) is 5.91 Å². The number of hydrogen-bond acceptors (Lipinski definition) is 5. The van der Waals surface area contributed by atoms with Gasteiger partial charge in [-0.15, -0.1) is 0 Å². The van der Waals surface area contributed by atoms with Gasteiger partial charge in [0, 0.05) is 24.0 Å². The van der Waals surface area contributed by atoms with Gasteiger partial charge in [0.05, 0.1) is 7.11 Å². The Balaban J connectivity index is 1.73. The van der Waals surface area contributed by atoms with E-state index in [4.69, 9.17) is 4.74 Å². The third-order valence-electron chi connectivity index (χ3n) is 4.50. The highest BCUT2D eigenvalue weighted by atomic mass is 16.5. The first-order chi connectivity index (χ1) is 13.6. The number of nitrogens with zero attached hydrogens (tertiary/aromatic N) is 2. The van der Waals surface area contributed by atoms with E-state index in [1.807, 2.05) is 43.3 Å². The Morgan fingerprint density at radius 1 is 1.07 bits per heavy atom. The van der Waals surface area contributed by atoms with Gasteiger partial charge in [-0.25, -0.2) is 9.97 Å². The summed E-state index contributed by atoms with van der Waals surface area (Å²) in [5.41, 5.74) is 4.47. The van der Waals surface area contributed by atoms with Crippen LogP contribution in [0.4, 0.5) is 11.6 Å². The molecule has 0 saturated carbocycles. The lowest BCUT2D eigenvalue weighted by Crippen LogP contribution is -2.24. The van der Waals surface area contributed by atoms with Gasteiger partial charge in [0.25, 0.3) is 5.91 Å². The fourth-order valence-electron chi connectivity index (χ4n) is 2.97. The molecule has 1 amide bonds. The molecule has 0 radical (unpaired) electrons. The highest BCUT2D eigenvalue weighted by Crippen LogP contribution is 2.24. The van der Waals surface area contributed by atoms with Gasteiger partial charge >= 0.3 is 0 Å². The van der Waals surface area contributed by atoms with Crippen LogP contribution in [0.1, 0.15) is 34.1 Å². The van der Waals surface area contributed by atoms with E-state index in [1.54, 1.807) is 19.4 Å². The summed E-state index contributed by atoms with van der Waals surface area (Å²) in [4.78, 5) is 21.2. The van der Waals surface area contributed by atoms with Crippen LogP contribution in [-0.2, 0) is 13.0 Å². The Kier molecular flexibility index (Phi) is 6.22. The molecule has 3 aromatic rings. The predicted molar refractivity (Wildman–Crippen MR) is 110 cm³/mol. The van der Waals surface area contributed by atoms with Gasteiger partial charge in [0.1, 0.15) is 11.4 Å². The van der Waals surface area contributed by atoms with Crippen LogP contribution in [0.25, 0.3) is 0 Å². The average molecular weight is 376 g/mol. The van der Waals surface area contributed by atoms with Gasteiger partial charge in [-0.3, -0.25) is 4.79 Å². The van der Waals surface area contributed by atoms with Crippen molar-refractivity contribution in [1.82, 2.24) is 15.3 Å². The molecule has 0 aliphatic rings. The number of ether oxygens (including phenoxy) is 1. The number of nitrogens with one attached hydrogen (secondary N) is 2. The van der Waals surface area contributed by atoms with Crippen molar-refractivity contribution in [2.45, 2.75) is 26.8 Å². The summed E-state index contributed by atoms with van der Waals surface area (Å²) in [6.45, 7) is 4.49. The number of para-hydroxylation sites is 2. The molecule has 6 nitrogen and oxygen atoms in total. The van der Waals surface area contributed by atoms with Gasteiger partial charge in [0.15, 0.2) is 0 Å². The number of anilines is 2. The Hall–Kier alpha value is -3.41. The summed E-state index contributed by atoms with van der Waals surface area (Å²) in [6, 6.07) is 15.3. The van der Waals surface area contributed by atoms with Crippen LogP contribution in [0, 0.1) is 6.92 Å². The lowest BCUT2D eigenvalue weighted by molar-refractivity contribution is 0.0945. The quantitative estimate of drug-likeness (QED) is 0.651. The van der Waals surface area contributed by atoms with Crippen molar-refractivity contribution in [2.24, 2.45) is 0 Å². The van der Waals surface area contributed by atoms with Crippen molar-refractivity contribution in [2.75, 3.05) is 12.4 Å². The van der Waals surface area contributed by atoms with E-state index in [9.17, 15) is 4.79 Å². The molecular formula is C22H24N4O2. The molecule has 28 heavy (non-hydrogen) atoms. The van der Waals surface area contributed by atoms with Crippen LogP contribution >= 0.6 is 0 Å². The number of aryl methyl sites for hydroxylation is 2. The average Bonchev–Trinajstić information content (AvgIpc) is 2.73. The first-order valence-corrected chi connectivity index (χ1v) is 9.21. The Morgan fingerprint density at radius 2 is 1.86 bits per heavy atom. The van der Waals surface area contributed by atoms with Gasteiger partial charge in [0.2, 0.25) is 5.95 Å². The summed E-state index contributed by atoms with van der Waals surface area (Å²) in [5, 5.41) is 6.13. The van der Waals surface area contributed by atoms with E-state index >= 15 is 0 Å². The minimum absolute atomic E-state index is 0.267. The molecule has 0 aliphatic heterocycles. The molecule has 6 heteroatoms. The standard InChI is InChI=1S/C22H24N4O2/c1-4-16-10-7-8-15(2)20(16)26-22-23-13-12-18(25-22)21(27)24-14-17-9-5-6-11-19(17)28-3/h5-13H,4,14H2,1-3H3,(H,24,27)(H,23,25,26). The summed E-state index contributed by atoms with van der Waals surface area (Å²) in [7, 11) is 1.61. The maximum atomic E-state index is 12.5. The second-order valence-corrected chi connectivity index (χ2v) is 6.35. The summed E-state index contributed by atoms with van der Waals surface area (Å²) in [5.74, 6) is 0.866. The first-order valence-electron chi connectivity index (χ1n) is 9.21. The monoisotopic (exact) mass is 376 g/mol. The fourth-order valence-corrected chi connectivity index (χ4v) is 2.97. The van der Waals surface area contributed by atoms with E-state index in [0.29, 0.717) is 18.2 Å². The van der Waals surface area contributed by atoms with E-state index in [2.05, 4.69) is 33.6 Å². The lowest BCUT2D eigenvalue weighted by atomic mass is 10.1. The number of rotatable bonds is 7. The lowest BCUT2D eigenvalue weighted by Gasteiger charge is -2.13. The molecular weight excluding hydrogens is 352 g/mol. The molecule has 2 N–H and O–H groups in total. The molecule has 3 rings (SSSR count). The summed E-state index contributed by atoms with van der Waals surface area (Å²) >= 11 is 0. The van der Waals surface area contributed by atoms with Crippen molar-refractivity contribution in [3.05, 3.63) is 77.1 Å². The van der Waals surface area contributed by atoms with Gasteiger partial charge in [-0.2, -0.15) is 0 Å². The third kappa shape index (κ3) is 4.46. The zero-order valence-corrected chi connectivity index (χ0v) is 16.3. The van der Waals surface area contributed by atoms with Crippen LogP contribution in [0.3, 0.4) is 0 Å². The van der Waals surface area contributed by atoms with Crippen molar-refractivity contribution in [1.29, 1.82) is 0 Å². The Bertz CT molecular complexity index is 972. The van der Waals surface area contributed by atoms with Crippen molar-refractivity contribution >= 4 is 17.5 Å². The molecule has 144 valence electrons. The minimum Gasteiger partial charge on any atom is -0.496 e. The van der Waals surface area contributed by atoms with Crippen LogP contribution in [-0.4, -0.2) is 23.0 Å². The normalized spacial score (nSPS) is 10.4. The number of amides is 1. The van der Waals surface area contributed by atoms with Crippen molar-refractivity contribution in [3.8, 4) is 5.75 Å². The number of carbonyl (C=O) groups excluding carboxylic acids is 1. The highest BCUT2D eigenvalue weighted by molar-refractivity contribution is 5.92. The molecule has 1 heterocycles. The van der Waals surface area contributed by atoms with Gasteiger partial charge in [-0.05, 0) is 36.6 Å². The predicted octanol–water partition coefficient (Wildman–Crippen LogP) is 4.03. The second kappa shape index (κ2) is 8.99. The van der Waals surface area contributed by atoms with E-state index in [1.165, 1.54) is 5.56 Å². The number of methoxy groups -OCH3 is 1. The van der Waals surface area contributed by atoms with Crippen LogP contribution < -0.4 is 15.4 Å². The van der Waals surface area contributed by atoms with Crippen LogP contribution in [0.2, 0.25) is 0 Å². The topological polar surface area (TPSA) is 76.1 Å².